The maximum atomic E-state index is 10.9. The second-order valence-corrected chi connectivity index (χ2v) is 3.60. The van der Waals surface area contributed by atoms with Crippen molar-refractivity contribution in [3.8, 4) is 5.69 Å². The van der Waals surface area contributed by atoms with Crippen molar-refractivity contribution >= 4 is 23.4 Å². The molecule has 0 amide bonds. The Kier molecular flexibility index (Phi) is 2.97. The summed E-state index contributed by atoms with van der Waals surface area (Å²) in [6.07, 6.45) is 0. The van der Waals surface area contributed by atoms with Crippen molar-refractivity contribution in [2.75, 3.05) is 12.4 Å². The van der Waals surface area contributed by atoms with Gasteiger partial charge in [0.05, 0.1) is 5.02 Å². The number of carboxylic acids is 1. The molecule has 0 spiro atoms. The summed E-state index contributed by atoms with van der Waals surface area (Å²) in [5.74, 6) is -0.954. The van der Waals surface area contributed by atoms with Gasteiger partial charge >= 0.3 is 5.97 Å². The van der Waals surface area contributed by atoms with Crippen LogP contribution in [0.3, 0.4) is 0 Å². The first-order valence-electron chi connectivity index (χ1n) is 4.76. The van der Waals surface area contributed by atoms with Crippen LogP contribution in [0.5, 0.6) is 0 Å². The maximum absolute atomic E-state index is 10.9. The lowest BCUT2D eigenvalue weighted by Gasteiger charge is -2.00. The summed E-state index contributed by atoms with van der Waals surface area (Å²) in [5.41, 5.74) is 0.380. The largest absolute Gasteiger partial charge is 0.476 e. The Labute approximate surface area is 102 Å². The zero-order valence-corrected chi connectivity index (χ0v) is 9.64. The van der Waals surface area contributed by atoms with E-state index in [0.717, 1.165) is 0 Å². The van der Waals surface area contributed by atoms with Gasteiger partial charge in [-0.2, -0.15) is 0 Å². The molecule has 2 aromatic rings. The summed E-state index contributed by atoms with van der Waals surface area (Å²) in [5, 5.41) is 19.9. The molecule has 0 saturated heterocycles. The summed E-state index contributed by atoms with van der Waals surface area (Å²) in [7, 11) is 1.58. The molecule has 0 aliphatic rings. The number of nitrogens with one attached hydrogen (secondary N) is 1. The van der Waals surface area contributed by atoms with Crippen molar-refractivity contribution in [1.29, 1.82) is 0 Å². The molecule has 6 nitrogen and oxygen atoms in total. The summed E-state index contributed by atoms with van der Waals surface area (Å²) in [6.45, 7) is 0. The third kappa shape index (κ3) is 2.07. The highest BCUT2D eigenvalue weighted by Crippen LogP contribution is 2.20. The highest BCUT2D eigenvalue weighted by atomic mass is 35.5. The van der Waals surface area contributed by atoms with Gasteiger partial charge in [-0.15, -0.1) is 15.0 Å². The molecule has 1 aromatic carbocycles. The Bertz CT molecular complexity index is 567. The molecule has 0 fully saturated rings. The minimum absolute atomic E-state index is 0.146. The molecule has 0 saturated carbocycles. The average Bonchev–Trinajstić information content (AvgIpc) is 2.73. The van der Waals surface area contributed by atoms with Crippen molar-refractivity contribution in [2.45, 2.75) is 0 Å². The Morgan fingerprint density at radius 1 is 1.41 bits per heavy atom. The van der Waals surface area contributed by atoms with Gasteiger partial charge in [0.15, 0.2) is 5.82 Å². The standard InChI is InChI=1S/C10H9ClN4O2/c1-12-9-8(10(16)17)13-15(14-9)7-5-3-2-4-6(7)11/h2-5H,1H3,(H,12,14)(H,16,17). The molecule has 7 heteroatoms. The van der Waals surface area contributed by atoms with Crippen LogP contribution in [-0.2, 0) is 0 Å². The first kappa shape index (κ1) is 11.4. The molecule has 0 bridgehead atoms. The fourth-order valence-corrected chi connectivity index (χ4v) is 1.55. The lowest BCUT2D eigenvalue weighted by molar-refractivity contribution is 0.0691. The van der Waals surface area contributed by atoms with Gasteiger partial charge in [0.2, 0.25) is 5.69 Å². The van der Waals surface area contributed by atoms with Crippen LogP contribution in [0.1, 0.15) is 10.5 Å². The molecular weight excluding hydrogens is 244 g/mol. The van der Waals surface area contributed by atoms with Gasteiger partial charge in [-0.3, -0.25) is 0 Å². The van der Waals surface area contributed by atoms with Crippen LogP contribution in [-0.4, -0.2) is 33.1 Å². The smallest absolute Gasteiger partial charge is 0.360 e. The normalized spacial score (nSPS) is 10.2. The van der Waals surface area contributed by atoms with Crippen LogP contribution in [0.15, 0.2) is 24.3 Å². The molecule has 17 heavy (non-hydrogen) atoms. The number of para-hydroxylation sites is 1. The molecule has 0 radical (unpaired) electrons. The second kappa shape index (κ2) is 4.42. The number of aromatic nitrogens is 3. The van der Waals surface area contributed by atoms with Crippen molar-refractivity contribution in [3.05, 3.63) is 35.0 Å². The minimum Gasteiger partial charge on any atom is -0.476 e. The number of carbonyl (C=O) groups is 1. The zero-order valence-electron chi connectivity index (χ0n) is 8.88. The lowest BCUT2D eigenvalue weighted by atomic mass is 10.3. The number of rotatable bonds is 3. The van der Waals surface area contributed by atoms with E-state index in [1.54, 1.807) is 31.3 Å². The Hall–Kier alpha value is -2.08. The molecular formula is C10H9ClN4O2. The van der Waals surface area contributed by atoms with Crippen LogP contribution in [0.4, 0.5) is 5.82 Å². The van der Waals surface area contributed by atoms with E-state index < -0.39 is 5.97 Å². The van der Waals surface area contributed by atoms with Gasteiger partial charge in [0.1, 0.15) is 5.69 Å². The number of hydrogen-bond acceptors (Lipinski definition) is 4. The molecule has 1 heterocycles. The highest BCUT2D eigenvalue weighted by Gasteiger charge is 2.18. The molecule has 1 aromatic heterocycles. The monoisotopic (exact) mass is 252 g/mol. The SMILES string of the molecule is CNc1nn(-c2ccccc2Cl)nc1C(=O)O. The first-order valence-corrected chi connectivity index (χ1v) is 5.14. The fourth-order valence-electron chi connectivity index (χ4n) is 1.34. The van der Waals surface area contributed by atoms with E-state index in [2.05, 4.69) is 15.5 Å². The van der Waals surface area contributed by atoms with Crippen LogP contribution >= 0.6 is 11.6 Å². The third-order valence-electron chi connectivity index (χ3n) is 2.12. The van der Waals surface area contributed by atoms with Crippen LogP contribution in [0, 0.1) is 0 Å². The summed E-state index contributed by atoms with van der Waals surface area (Å²) < 4.78 is 0. The van der Waals surface area contributed by atoms with E-state index in [-0.39, 0.29) is 11.5 Å². The molecule has 0 aliphatic heterocycles. The van der Waals surface area contributed by atoms with E-state index in [4.69, 9.17) is 16.7 Å². The Morgan fingerprint density at radius 2 is 2.12 bits per heavy atom. The number of carboxylic acid groups (broad SMARTS) is 1. The number of benzene rings is 1. The van der Waals surface area contributed by atoms with Gasteiger partial charge in [0.25, 0.3) is 0 Å². The molecule has 0 unspecified atom stereocenters. The van der Waals surface area contributed by atoms with Crippen molar-refractivity contribution < 1.29 is 9.90 Å². The molecule has 2 N–H and O–H groups in total. The van der Waals surface area contributed by atoms with Gasteiger partial charge in [-0.1, -0.05) is 23.7 Å². The predicted molar refractivity (Wildman–Crippen MR) is 62.9 cm³/mol. The summed E-state index contributed by atoms with van der Waals surface area (Å²) in [6, 6.07) is 6.92. The van der Waals surface area contributed by atoms with Crippen LogP contribution in [0.25, 0.3) is 5.69 Å². The van der Waals surface area contributed by atoms with E-state index in [0.29, 0.717) is 10.7 Å². The summed E-state index contributed by atoms with van der Waals surface area (Å²) in [4.78, 5) is 12.1. The van der Waals surface area contributed by atoms with Gasteiger partial charge in [-0.25, -0.2) is 4.79 Å². The zero-order chi connectivity index (χ0) is 12.4. The number of nitrogens with zero attached hydrogens (tertiary/aromatic N) is 3. The van der Waals surface area contributed by atoms with Crippen LogP contribution in [0.2, 0.25) is 5.02 Å². The minimum atomic E-state index is -1.15. The molecule has 0 atom stereocenters. The molecule has 2 rings (SSSR count). The number of aromatic carboxylic acids is 1. The van der Waals surface area contributed by atoms with E-state index >= 15 is 0 Å². The van der Waals surface area contributed by atoms with Crippen molar-refractivity contribution in [2.24, 2.45) is 0 Å². The van der Waals surface area contributed by atoms with E-state index in [9.17, 15) is 4.79 Å². The van der Waals surface area contributed by atoms with Crippen LogP contribution < -0.4 is 5.32 Å². The topological polar surface area (TPSA) is 80.0 Å². The Morgan fingerprint density at radius 3 is 2.65 bits per heavy atom. The molecule has 88 valence electrons. The summed E-state index contributed by atoms with van der Waals surface area (Å²) >= 11 is 5.97. The van der Waals surface area contributed by atoms with Crippen molar-refractivity contribution in [1.82, 2.24) is 15.0 Å². The third-order valence-corrected chi connectivity index (χ3v) is 2.44. The van der Waals surface area contributed by atoms with Gasteiger partial charge in [-0.05, 0) is 12.1 Å². The van der Waals surface area contributed by atoms with Gasteiger partial charge in [0, 0.05) is 7.05 Å². The van der Waals surface area contributed by atoms with Crippen molar-refractivity contribution in [3.63, 3.8) is 0 Å². The van der Waals surface area contributed by atoms with E-state index in [1.807, 2.05) is 0 Å². The predicted octanol–water partition coefficient (Wildman–Crippen LogP) is 1.66. The number of anilines is 1. The number of halogens is 1. The average molecular weight is 253 g/mol. The lowest BCUT2D eigenvalue weighted by Crippen LogP contribution is -2.03. The van der Waals surface area contributed by atoms with E-state index in [1.165, 1.54) is 4.80 Å². The fraction of sp³-hybridized carbons (Fsp3) is 0.100. The maximum Gasteiger partial charge on any atom is 0.360 e. The van der Waals surface area contributed by atoms with Gasteiger partial charge < -0.3 is 10.4 Å². The Balaban J connectivity index is 2.54. The molecule has 0 aliphatic carbocycles. The first-order chi connectivity index (χ1) is 8.13. The second-order valence-electron chi connectivity index (χ2n) is 3.19. The quantitative estimate of drug-likeness (QED) is 0.868. The highest BCUT2D eigenvalue weighted by molar-refractivity contribution is 6.32. The number of hydrogen-bond donors (Lipinski definition) is 2.